The molecule has 22 heavy (non-hydrogen) atoms. The van der Waals surface area contributed by atoms with Gasteiger partial charge in [-0.05, 0) is 37.1 Å². The lowest BCUT2D eigenvalue weighted by molar-refractivity contribution is 0.130. The van der Waals surface area contributed by atoms with Gasteiger partial charge in [-0.3, -0.25) is 0 Å². The number of rotatable bonds is 4. The van der Waals surface area contributed by atoms with E-state index in [0.717, 1.165) is 15.4 Å². The van der Waals surface area contributed by atoms with Crippen molar-refractivity contribution in [2.75, 3.05) is 18.1 Å². The highest BCUT2D eigenvalue weighted by Crippen LogP contribution is 2.26. The van der Waals surface area contributed by atoms with Crippen LogP contribution in [0.3, 0.4) is 0 Å². The van der Waals surface area contributed by atoms with Gasteiger partial charge >= 0.3 is 0 Å². The molecule has 1 N–H and O–H groups in total. The SMILES string of the molecule is CCN([C@H]1CS(=O)(=O)C[C@@H]1O)S(=O)(=O)c1ccc(C)c(C)c1. The minimum absolute atomic E-state index is 0.104. The molecule has 0 aromatic heterocycles. The van der Waals surface area contributed by atoms with Gasteiger partial charge in [0.1, 0.15) is 0 Å². The number of hydrogen-bond donors (Lipinski definition) is 1. The maximum atomic E-state index is 12.8. The molecule has 0 amide bonds. The average Bonchev–Trinajstić information content (AvgIpc) is 2.66. The van der Waals surface area contributed by atoms with E-state index < -0.39 is 37.8 Å². The van der Waals surface area contributed by atoms with E-state index in [1.165, 1.54) is 6.07 Å². The third kappa shape index (κ3) is 3.19. The zero-order valence-corrected chi connectivity index (χ0v) is 14.5. The van der Waals surface area contributed by atoms with Gasteiger partial charge in [0, 0.05) is 6.54 Å². The van der Waals surface area contributed by atoms with Crippen molar-refractivity contribution in [3.63, 3.8) is 0 Å². The molecule has 1 aromatic rings. The van der Waals surface area contributed by atoms with E-state index >= 15 is 0 Å². The predicted octanol–water partition coefficient (Wildman–Crippen LogP) is 0.472. The van der Waals surface area contributed by atoms with Crippen LogP contribution in [0.15, 0.2) is 23.1 Å². The molecule has 1 heterocycles. The lowest BCUT2D eigenvalue weighted by atomic mass is 10.1. The number of sulfonamides is 1. The van der Waals surface area contributed by atoms with Crippen LogP contribution >= 0.6 is 0 Å². The van der Waals surface area contributed by atoms with Gasteiger partial charge in [0.25, 0.3) is 0 Å². The van der Waals surface area contributed by atoms with Crippen LogP contribution in [-0.2, 0) is 19.9 Å². The van der Waals surface area contributed by atoms with E-state index in [9.17, 15) is 21.9 Å². The van der Waals surface area contributed by atoms with Gasteiger partial charge in [0.15, 0.2) is 9.84 Å². The maximum absolute atomic E-state index is 12.8. The monoisotopic (exact) mass is 347 g/mol. The molecule has 0 spiro atoms. The maximum Gasteiger partial charge on any atom is 0.243 e. The smallest absolute Gasteiger partial charge is 0.243 e. The zero-order chi connectivity index (χ0) is 16.7. The van der Waals surface area contributed by atoms with Crippen molar-refractivity contribution in [1.82, 2.24) is 4.31 Å². The first-order valence-corrected chi connectivity index (χ1v) is 10.3. The zero-order valence-electron chi connectivity index (χ0n) is 12.9. The minimum atomic E-state index is -3.85. The Balaban J connectivity index is 2.43. The first-order chi connectivity index (χ1) is 10.1. The standard InChI is InChI=1S/C14H21NO5S2/c1-4-15(13-8-21(17,18)9-14(13)16)22(19,20)12-6-5-10(2)11(3)7-12/h5-7,13-14,16H,4,8-9H2,1-3H3/t13-,14-/m0/s1. The molecule has 1 aromatic carbocycles. The van der Waals surface area contributed by atoms with Crippen LogP contribution in [0.5, 0.6) is 0 Å². The summed E-state index contributed by atoms with van der Waals surface area (Å²) in [5, 5.41) is 9.95. The highest BCUT2D eigenvalue weighted by molar-refractivity contribution is 7.92. The summed E-state index contributed by atoms with van der Waals surface area (Å²) in [7, 11) is -7.26. The van der Waals surface area contributed by atoms with E-state index in [4.69, 9.17) is 0 Å². The lowest BCUT2D eigenvalue weighted by Gasteiger charge is -2.28. The molecule has 8 heteroatoms. The van der Waals surface area contributed by atoms with Crippen molar-refractivity contribution in [2.45, 2.75) is 37.8 Å². The van der Waals surface area contributed by atoms with Crippen molar-refractivity contribution in [3.05, 3.63) is 29.3 Å². The van der Waals surface area contributed by atoms with Crippen molar-refractivity contribution >= 4 is 19.9 Å². The normalized spacial score (nSPS) is 24.8. The number of aliphatic hydroxyl groups is 1. The molecule has 124 valence electrons. The summed E-state index contributed by atoms with van der Waals surface area (Å²) in [4.78, 5) is 0.119. The Morgan fingerprint density at radius 2 is 1.86 bits per heavy atom. The van der Waals surface area contributed by atoms with Gasteiger partial charge in [0.05, 0.1) is 28.5 Å². The molecule has 0 radical (unpaired) electrons. The fraction of sp³-hybridized carbons (Fsp3) is 0.571. The predicted molar refractivity (Wildman–Crippen MR) is 83.9 cm³/mol. The Bertz CT molecular complexity index is 770. The summed E-state index contributed by atoms with van der Waals surface area (Å²) in [5.74, 6) is -0.733. The molecule has 0 bridgehead atoms. The van der Waals surface area contributed by atoms with Gasteiger partial charge < -0.3 is 5.11 Å². The molecular formula is C14H21NO5S2. The number of aryl methyl sites for hydroxylation is 2. The van der Waals surface area contributed by atoms with Crippen molar-refractivity contribution in [1.29, 1.82) is 0 Å². The van der Waals surface area contributed by atoms with Crippen molar-refractivity contribution in [3.8, 4) is 0 Å². The van der Waals surface area contributed by atoms with Crippen LogP contribution in [0.1, 0.15) is 18.1 Å². The third-order valence-corrected chi connectivity index (χ3v) is 7.75. The summed E-state index contributed by atoms with van der Waals surface area (Å²) in [6, 6.07) is 3.87. The average molecular weight is 347 g/mol. The number of hydrogen-bond acceptors (Lipinski definition) is 5. The van der Waals surface area contributed by atoms with Gasteiger partial charge in [0.2, 0.25) is 10.0 Å². The fourth-order valence-electron chi connectivity index (χ4n) is 2.68. The van der Waals surface area contributed by atoms with Gasteiger partial charge in [-0.2, -0.15) is 4.31 Å². The number of sulfone groups is 1. The van der Waals surface area contributed by atoms with E-state index in [1.807, 2.05) is 13.8 Å². The van der Waals surface area contributed by atoms with Gasteiger partial charge in [-0.15, -0.1) is 0 Å². The summed E-state index contributed by atoms with van der Waals surface area (Å²) in [6.45, 7) is 5.44. The number of benzene rings is 1. The molecule has 2 rings (SSSR count). The molecule has 0 saturated carbocycles. The molecule has 0 aliphatic carbocycles. The number of aliphatic hydroxyl groups excluding tert-OH is 1. The Morgan fingerprint density at radius 3 is 2.32 bits per heavy atom. The van der Waals surface area contributed by atoms with Crippen LogP contribution < -0.4 is 0 Å². The largest absolute Gasteiger partial charge is 0.390 e. The van der Waals surface area contributed by atoms with Crippen molar-refractivity contribution in [2.24, 2.45) is 0 Å². The van der Waals surface area contributed by atoms with E-state index in [2.05, 4.69) is 0 Å². The van der Waals surface area contributed by atoms with Crippen LogP contribution in [0.4, 0.5) is 0 Å². The Labute approximate surface area is 131 Å². The van der Waals surface area contributed by atoms with Gasteiger partial charge in [-0.25, -0.2) is 16.8 Å². The number of likely N-dealkylation sites (N-methyl/N-ethyl adjacent to an activating group) is 1. The second kappa shape index (κ2) is 5.92. The number of nitrogens with zero attached hydrogens (tertiary/aromatic N) is 1. The first-order valence-electron chi connectivity index (χ1n) is 7.06. The molecule has 1 aliphatic rings. The highest BCUT2D eigenvalue weighted by atomic mass is 32.2. The molecule has 6 nitrogen and oxygen atoms in total. The molecule has 0 unspecified atom stereocenters. The second-order valence-electron chi connectivity index (χ2n) is 5.67. The molecule has 1 saturated heterocycles. The molecule has 1 fully saturated rings. The van der Waals surface area contributed by atoms with Crippen LogP contribution in [-0.4, -0.2) is 56.4 Å². The summed E-state index contributed by atoms with van der Waals surface area (Å²) in [5.41, 5.74) is 1.82. The summed E-state index contributed by atoms with van der Waals surface area (Å²) < 4.78 is 50.0. The second-order valence-corrected chi connectivity index (χ2v) is 9.71. The minimum Gasteiger partial charge on any atom is -0.390 e. The first kappa shape index (κ1) is 17.4. The highest BCUT2D eigenvalue weighted by Gasteiger charge is 2.44. The van der Waals surface area contributed by atoms with E-state index in [0.29, 0.717) is 0 Å². The Kier molecular flexibility index (Phi) is 4.68. The van der Waals surface area contributed by atoms with Crippen LogP contribution in [0, 0.1) is 13.8 Å². The topological polar surface area (TPSA) is 91.8 Å². The van der Waals surface area contributed by atoms with E-state index in [1.54, 1.807) is 19.1 Å². The van der Waals surface area contributed by atoms with Crippen LogP contribution in [0.2, 0.25) is 0 Å². The van der Waals surface area contributed by atoms with Gasteiger partial charge in [-0.1, -0.05) is 13.0 Å². The fourth-order valence-corrected chi connectivity index (χ4v) is 6.32. The van der Waals surface area contributed by atoms with Crippen molar-refractivity contribution < 1.29 is 21.9 Å². The van der Waals surface area contributed by atoms with Crippen LogP contribution in [0.25, 0.3) is 0 Å². The Hall–Kier alpha value is -0.960. The third-order valence-electron chi connectivity index (χ3n) is 4.06. The molecule has 2 atom stereocenters. The quantitative estimate of drug-likeness (QED) is 0.855. The summed E-state index contributed by atoms with van der Waals surface area (Å²) in [6.07, 6.45) is -1.19. The molecule has 1 aliphatic heterocycles. The summed E-state index contributed by atoms with van der Waals surface area (Å²) >= 11 is 0. The Morgan fingerprint density at radius 1 is 1.23 bits per heavy atom. The van der Waals surface area contributed by atoms with E-state index in [-0.39, 0.29) is 17.2 Å². The lowest BCUT2D eigenvalue weighted by Crippen LogP contribution is -2.46. The molecular weight excluding hydrogens is 326 g/mol.